The van der Waals surface area contributed by atoms with E-state index in [1.165, 1.54) is 0 Å². The number of aromatic carboxylic acids is 1. The highest BCUT2D eigenvalue weighted by atomic mass is 16.6. The third-order valence-corrected chi connectivity index (χ3v) is 1.94. The predicted molar refractivity (Wildman–Crippen MR) is 57.9 cm³/mol. The molecule has 1 rings (SSSR count). The van der Waals surface area contributed by atoms with Crippen LogP contribution >= 0.6 is 0 Å². The molecule has 0 amide bonds. The van der Waals surface area contributed by atoms with Crippen LogP contribution in [0.25, 0.3) is 0 Å². The average molecular weight is 255 g/mol. The highest BCUT2D eigenvalue weighted by Gasteiger charge is 2.24. The van der Waals surface area contributed by atoms with E-state index in [2.05, 4.69) is 4.74 Å². The van der Waals surface area contributed by atoms with E-state index in [1.54, 1.807) is 0 Å². The van der Waals surface area contributed by atoms with E-state index >= 15 is 0 Å². The van der Waals surface area contributed by atoms with Crippen molar-refractivity contribution in [3.05, 3.63) is 27.8 Å². The molecule has 0 radical (unpaired) electrons. The molecular weight excluding hydrogens is 246 g/mol. The minimum atomic E-state index is -1.38. The number of rotatable bonds is 4. The fourth-order valence-corrected chi connectivity index (χ4v) is 1.28. The number of nitro groups is 1. The summed E-state index contributed by atoms with van der Waals surface area (Å²) in [7, 11) is 1.15. The first-order chi connectivity index (χ1) is 8.36. The first-order valence-corrected chi connectivity index (χ1v) is 4.65. The van der Waals surface area contributed by atoms with Gasteiger partial charge >= 0.3 is 17.6 Å². The van der Waals surface area contributed by atoms with Crippen molar-refractivity contribution in [1.82, 2.24) is 0 Å². The number of carbonyl (C=O) groups is 2. The van der Waals surface area contributed by atoms with Gasteiger partial charge in [-0.15, -0.1) is 0 Å². The van der Waals surface area contributed by atoms with Crippen LogP contribution in [0, 0.1) is 10.1 Å². The van der Waals surface area contributed by atoms with Gasteiger partial charge < -0.3 is 14.6 Å². The predicted octanol–water partition coefficient (Wildman–Crippen LogP) is 1.23. The number of nitrogens with zero attached hydrogens (tertiary/aromatic N) is 1. The van der Waals surface area contributed by atoms with Crippen LogP contribution in [0.1, 0.15) is 17.3 Å². The van der Waals surface area contributed by atoms with E-state index in [-0.39, 0.29) is 17.1 Å². The number of benzene rings is 1. The lowest BCUT2D eigenvalue weighted by molar-refractivity contribution is -0.385. The normalized spacial score (nSPS) is 9.67. The fraction of sp³-hybridized carbons (Fsp3) is 0.200. The smallest absolute Gasteiger partial charge is 0.336 e. The molecule has 0 saturated heterocycles. The molecule has 0 aromatic heterocycles. The Balaban J connectivity index is 3.50. The van der Waals surface area contributed by atoms with Crippen molar-refractivity contribution in [2.24, 2.45) is 0 Å². The van der Waals surface area contributed by atoms with Crippen molar-refractivity contribution in [1.29, 1.82) is 0 Å². The molecule has 0 atom stereocenters. The zero-order valence-corrected chi connectivity index (χ0v) is 9.50. The molecule has 0 heterocycles. The van der Waals surface area contributed by atoms with Gasteiger partial charge in [0, 0.05) is 13.0 Å². The van der Waals surface area contributed by atoms with Crippen molar-refractivity contribution in [2.75, 3.05) is 7.11 Å². The van der Waals surface area contributed by atoms with Crippen molar-refractivity contribution < 1.29 is 29.1 Å². The van der Waals surface area contributed by atoms with Gasteiger partial charge in [-0.1, -0.05) is 0 Å². The van der Waals surface area contributed by atoms with E-state index < -0.39 is 22.5 Å². The Morgan fingerprint density at radius 1 is 1.39 bits per heavy atom. The maximum absolute atomic E-state index is 10.8. The number of carboxylic acids is 1. The van der Waals surface area contributed by atoms with Gasteiger partial charge in [-0.05, 0) is 6.07 Å². The molecule has 0 unspecified atom stereocenters. The largest absolute Gasteiger partial charge is 0.488 e. The summed E-state index contributed by atoms with van der Waals surface area (Å²) in [5.41, 5.74) is -0.965. The lowest BCUT2D eigenvalue weighted by atomic mass is 10.1. The maximum Gasteiger partial charge on any atom is 0.336 e. The maximum atomic E-state index is 10.8. The molecule has 8 heteroatoms. The first kappa shape index (κ1) is 13.4. The molecule has 0 fully saturated rings. The van der Waals surface area contributed by atoms with Gasteiger partial charge in [0.2, 0.25) is 5.75 Å². The number of ether oxygens (including phenoxy) is 2. The van der Waals surface area contributed by atoms with Crippen LogP contribution < -0.4 is 9.47 Å². The lowest BCUT2D eigenvalue weighted by Crippen LogP contribution is -2.07. The highest BCUT2D eigenvalue weighted by molar-refractivity contribution is 5.90. The van der Waals surface area contributed by atoms with Crippen LogP contribution in [0.4, 0.5) is 5.69 Å². The number of carboxylic acid groups (broad SMARTS) is 1. The van der Waals surface area contributed by atoms with Gasteiger partial charge in [0.25, 0.3) is 0 Å². The van der Waals surface area contributed by atoms with Crippen LogP contribution in [0.5, 0.6) is 11.5 Å². The molecule has 0 aliphatic heterocycles. The number of esters is 1. The molecule has 8 nitrogen and oxygen atoms in total. The Kier molecular flexibility index (Phi) is 3.82. The second-order valence-corrected chi connectivity index (χ2v) is 3.18. The number of nitro benzene ring substituents is 1. The third kappa shape index (κ3) is 2.73. The minimum Gasteiger partial charge on any atom is -0.488 e. The van der Waals surface area contributed by atoms with Crippen LogP contribution in [-0.2, 0) is 4.79 Å². The molecule has 0 spiro atoms. The zero-order valence-electron chi connectivity index (χ0n) is 9.50. The second-order valence-electron chi connectivity index (χ2n) is 3.18. The molecule has 0 saturated carbocycles. The molecule has 1 N–H and O–H groups in total. The Hall–Kier alpha value is -2.64. The Labute approximate surface area is 101 Å². The lowest BCUT2D eigenvalue weighted by Gasteiger charge is -2.09. The summed E-state index contributed by atoms with van der Waals surface area (Å²) >= 11 is 0. The summed E-state index contributed by atoms with van der Waals surface area (Å²) in [5.74, 6) is -2.74. The van der Waals surface area contributed by atoms with Crippen LogP contribution in [-0.4, -0.2) is 29.1 Å². The van der Waals surface area contributed by atoms with Crippen molar-refractivity contribution in [2.45, 2.75) is 6.92 Å². The van der Waals surface area contributed by atoms with Crippen molar-refractivity contribution >= 4 is 17.6 Å². The zero-order chi connectivity index (χ0) is 13.9. The molecule has 96 valence electrons. The third-order valence-electron chi connectivity index (χ3n) is 1.94. The summed E-state index contributed by atoms with van der Waals surface area (Å²) < 4.78 is 9.45. The summed E-state index contributed by atoms with van der Waals surface area (Å²) in [4.78, 5) is 31.6. The van der Waals surface area contributed by atoms with Gasteiger partial charge in [0.15, 0.2) is 5.75 Å². The standard InChI is InChI=1S/C10H9NO7/c1-5(12)18-8-4-6(10(13)14)3-7(11(15)16)9(8)17-2/h3-4H,1-2H3,(H,13,14). The average Bonchev–Trinajstić information content (AvgIpc) is 2.26. The van der Waals surface area contributed by atoms with Gasteiger partial charge in [0.05, 0.1) is 17.6 Å². The fourth-order valence-electron chi connectivity index (χ4n) is 1.28. The van der Waals surface area contributed by atoms with Crippen LogP contribution in [0.15, 0.2) is 12.1 Å². The quantitative estimate of drug-likeness (QED) is 0.372. The van der Waals surface area contributed by atoms with E-state index in [0.29, 0.717) is 0 Å². The highest BCUT2D eigenvalue weighted by Crippen LogP contribution is 2.38. The molecular formula is C10H9NO7. The van der Waals surface area contributed by atoms with Gasteiger partial charge in [-0.2, -0.15) is 0 Å². The van der Waals surface area contributed by atoms with Gasteiger partial charge in [-0.25, -0.2) is 4.79 Å². The summed E-state index contributed by atoms with van der Waals surface area (Å²) in [6, 6.07) is 1.81. The molecule has 1 aromatic carbocycles. The molecule has 0 aliphatic rings. The number of methoxy groups -OCH3 is 1. The van der Waals surface area contributed by atoms with Crippen molar-refractivity contribution in [3.63, 3.8) is 0 Å². The Morgan fingerprint density at radius 2 is 2.00 bits per heavy atom. The first-order valence-electron chi connectivity index (χ1n) is 4.65. The second kappa shape index (κ2) is 5.13. The van der Waals surface area contributed by atoms with E-state index in [4.69, 9.17) is 9.84 Å². The number of carbonyl (C=O) groups excluding carboxylic acids is 1. The Bertz CT molecular complexity index is 523. The monoisotopic (exact) mass is 255 g/mol. The molecule has 1 aromatic rings. The van der Waals surface area contributed by atoms with Gasteiger partial charge in [0.1, 0.15) is 0 Å². The van der Waals surface area contributed by atoms with Gasteiger partial charge in [-0.3, -0.25) is 14.9 Å². The van der Waals surface area contributed by atoms with Crippen LogP contribution in [0.2, 0.25) is 0 Å². The SMILES string of the molecule is COc1c(OC(C)=O)cc(C(=O)O)cc1[N+](=O)[O-]. The topological polar surface area (TPSA) is 116 Å². The summed E-state index contributed by atoms with van der Waals surface area (Å²) in [6.45, 7) is 1.08. The van der Waals surface area contributed by atoms with Crippen molar-refractivity contribution in [3.8, 4) is 11.5 Å². The minimum absolute atomic E-state index is 0.305. The van der Waals surface area contributed by atoms with Crippen LogP contribution in [0.3, 0.4) is 0 Å². The Morgan fingerprint density at radius 3 is 2.39 bits per heavy atom. The van der Waals surface area contributed by atoms with E-state index in [9.17, 15) is 19.7 Å². The van der Waals surface area contributed by atoms with E-state index in [0.717, 1.165) is 26.2 Å². The molecule has 0 aliphatic carbocycles. The number of hydrogen-bond donors (Lipinski definition) is 1. The van der Waals surface area contributed by atoms with E-state index in [1.807, 2.05) is 0 Å². The molecule has 18 heavy (non-hydrogen) atoms. The summed E-state index contributed by atoms with van der Waals surface area (Å²) in [5, 5.41) is 19.6. The number of hydrogen-bond acceptors (Lipinski definition) is 6. The molecule has 0 bridgehead atoms. The summed E-state index contributed by atoms with van der Waals surface area (Å²) in [6.07, 6.45) is 0.